The Bertz CT molecular complexity index is 1000. The zero-order valence-corrected chi connectivity index (χ0v) is 14.7. The van der Waals surface area contributed by atoms with E-state index >= 15 is 0 Å². The molecule has 4 rings (SSSR count). The monoisotopic (exact) mass is 312 g/mol. The summed E-state index contributed by atoms with van der Waals surface area (Å²) < 4.78 is 2.32. The van der Waals surface area contributed by atoms with Crippen LogP contribution in [0.1, 0.15) is 16.7 Å². The van der Waals surface area contributed by atoms with Crippen LogP contribution >= 0.6 is 0 Å². The molecule has 24 heavy (non-hydrogen) atoms. The molecule has 1 nitrogen and oxygen atoms in total. The normalized spacial score (nSPS) is 11.3. The fraction of sp³-hybridized carbons (Fsp3) is 0.174. The summed E-state index contributed by atoms with van der Waals surface area (Å²) in [6, 6.07) is 22.0. The maximum atomic E-state index is 2.33. The number of nitrogens with zero attached hydrogens (tertiary/aromatic N) is 1. The maximum absolute atomic E-state index is 2.33. The highest BCUT2D eigenvalue weighted by Crippen LogP contribution is 2.32. The van der Waals surface area contributed by atoms with Crippen LogP contribution < -0.4 is 4.57 Å². The molecule has 4 aromatic rings. The van der Waals surface area contributed by atoms with Crippen LogP contribution in [-0.4, -0.2) is 0 Å². The summed E-state index contributed by atoms with van der Waals surface area (Å²) in [7, 11) is 2.17. The third-order valence-electron chi connectivity index (χ3n) is 5.20. The van der Waals surface area contributed by atoms with Gasteiger partial charge in [0.2, 0.25) is 11.2 Å². The van der Waals surface area contributed by atoms with Gasteiger partial charge in [0.05, 0.1) is 0 Å². The van der Waals surface area contributed by atoms with Crippen molar-refractivity contribution in [2.24, 2.45) is 7.05 Å². The van der Waals surface area contributed by atoms with Crippen LogP contribution in [0.2, 0.25) is 0 Å². The molecule has 0 atom stereocenters. The molecule has 0 aliphatic carbocycles. The zero-order chi connectivity index (χ0) is 16.8. The Morgan fingerprint density at radius 3 is 2.00 bits per heavy atom. The van der Waals surface area contributed by atoms with Crippen LogP contribution in [0.3, 0.4) is 0 Å². The van der Waals surface area contributed by atoms with Gasteiger partial charge in [-0.1, -0.05) is 36.4 Å². The minimum absolute atomic E-state index is 1.28. The van der Waals surface area contributed by atoms with E-state index in [0.29, 0.717) is 0 Å². The molecule has 0 amide bonds. The molecule has 0 saturated heterocycles. The second-order valence-electron chi connectivity index (χ2n) is 6.70. The fourth-order valence-corrected chi connectivity index (χ4v) is 3.84. The van der Waals surface area contributed by atoms with Crippen LogP contribution in [0.4, 0.5) is 0 Å². The number of pyridine rings is 1. The van der Waals surface area contributed by atoms with Crippen molar-refractivity contribution in [1.82, 2.24) is 0 Å². The SMILES string of the molecule is Cc1cc(-c2cc(C)c3ccccc3[n+]2C)c(C)c2ccccc12. The number of rotatable bonds is 1. The predicted octanol–water partition coefficient (Wildman–Crippen LogP) is 5.41. The first-order valence-electron chi connectivity index (χ1n) is 8.45. The molecule has 118 valence electrons. The Morgan fingerprint density at radius 2 is 1.25 bits per heavy atom. The molecular formula is C23H22N+. The van der Waals surface area contributed by atoms with Crippen LogP contribution in [0.5, 0.6) is 0 Å². The lowest BCUT2D eigenvalue weighted by Crippen LogP contribution is -2.32. The number of para-hydroxylation sites is 1. The van der Waals surface area contributed by atoms with E-state index in [9.17, 15) is 0 Å². The average Bonchev–Trinajstić information content (AvgIpc) is 2.61. The highest BCUT2D eigenvalue weighted by Gasteiger charge is 2.19. The third-order valence-corrected chi connectivity index (χ3v) is 5.20. The molecule has 0 fully saturated rings. The third kappa shape index (κ3) is 2.12. The van der Waals surface area contributed by atoms with E-state index in [0.717, 1.165) is 0 Å². The molecule has 0 spiro atoms. The minimum atomic E-state index is 1.28. The van der Waals surface area contributed by atoms with Gasteiger partial charge in [-0.3, -0.25) is 0 Å². The molecule has 0 bridgehead atoms. The van der Waals surface area contributed by atoms with E-state index < -0.39 is 0 Å². The Morgan fingerprint density at radius 1 is 0.667 bits per heavy atom. The van der Waals surface area contributed by atoms with Crippen molar-refractivity contribution in [2.45, 2.75) is 20.8 Å². The lowest BCUT2D eigenvalue weighted by atomic mass is 9.93. The van der Waals surface area contributed by atoms with Crippen molar-refractivity contribution in [3.05, 3.63) is 77.4 Å². The molecular weight excluding hydrogens is 290 g/mol. The van der Waals surface area contributed by atoms with Crippen LogP contribution in [-0.2, 0) is 7.05 Å². The second-order valence-corrected chi connectivity index (χ2v) is 6.70. The van der Waals surface area contributed by atoms with E-state index in [2.05, 4.69) is 93.0 Å². The molecule has 1 aromatic heterocycles. The Kier molecular flexibility index (Phi) is 3.38. The Labute approximate surface area is 143 Å². The van der Waals surface area contributed by atoms with Crippen molar-refractivity contribution in [2.75, 3.05) is 0 Å². The molecule has 0 aliphatic heterocycles. The minimum Gasteiger partial charge on any atom is -0.194 e. The lowest BCUT2D eigenvalue weighted by molar-refractivity contribution is -0.633. The molecule has 1 heteroatoms. The van der Waals surface area contributed by atoms with Gasteiger partial charge in [-0.25, -0.2) is 0 Å². The summed E-state index contributed by atoms with van der Waals surface area (Å²) in [6.07, 6.45) is 0. The average molecular weight is 312 g/mol. The van der Waals surface area contributed by atoms with Gasteiger partial charge in [-0.2, -0.15) is 4.57 Å². The largest absolute Gasteiger partial charge is 0.213 e. The number of aryl methyl sites for hydroxylation is 4. The Balaban J connectivity index is 2.10. The second kappa shape index (κ2) is 5.45. The van der Waals surface area contributed by atoms with Crippen molar-refractivity contribution >= 4 is 21.7 Å². The smallest absolute Gasteiger partial charge is 0.194 e. The molecule has 3 aromatic carbocycles. The van der Waals surface area contributed by atoms with Gasteiger partial charge in [-0.15, -0.1) is 0 Å². The molecule has 0 N–H and O–H groups in total. The number of fused-ring (bicyclic) bond motifs is 2. The van der Waals surface area contributed by atoms with Gasteiger partial charge in [0, 0.05) is 23.1 Å². The summed E-state index contributed by atoms with van der Waals surface area (Å²) in [5, 5.41) is 4.01. The first kappa shape index (κ1) is 14.9. The summed E-state index contributed by atoms with van der Waals surface area (Å²) in [4.78, 5) is 0. The van der Waals surface area contributed by atoms with Crippen LogP contribution in [0.15, 0.2) is 60.7 Å². The molecule has 0 aliphatic rings. The lowest BCUT2D eigenvalue weighted by Gasteiger charge is -2.13. The quantitative estimate of drug-likeness (QED) is 0.414. The van der Waals surface area contributed by atoms with Gasteiger partial charge in [0.25, 0.3) is 0 Å². The topological polar surface area (TPSA) is 3.88 Å². The first-order valence-corrected chi connectivity index (χ1v) is 8.45. The first-order chi connectivity index (χ1) is 11.6. The summed E-state index contributed by atoms with van der Waals surface area (Å²) in [5.74, 6) is 0. The van der Waals surface area contributed by atoms with Gasteiger partial charge < -0.3 is 0 Å². The number of hydrogen-bond donors (Lipinski definition) is 0. The molecule has 1 heterocycles. The van der Waals surface area contributed by atoms with Crippen molar-refractivity contribution in [3.63, 3.8) is 0 Å². The Hall–Kier alpha value is -2.67. The fourth-order valence-electron chi connectivity index (χ4n) is 3.84. The standard InChI is InChI=1S/C23H22N/c1-15-13-21(17(3)20-11-6-5-9-18(15)20)23-14-16(2)19-10-7-8-12-22(19)24(23)4/h5-14H,1-4H3/q+1. The van der Waals surface area contributed by atoms with Crippen LogP contribution in [0, 0.1) is 20.8 Å². The number of benzene rings is 3. The van der Waals surface area contributed by atoms with Gasteiger partial charge >= 0.3 is 0 Å². The number of hydrogen-bond acceptors (Lipinski definition) is 0. The van der Waals surface area contributed by atoms with Crippen molar-refractivity contribution < 1.29 is 4.57 Å². The highest BCUT2D eigenvalue weighted by atomic mass is 14.9. The van der Waals surface area contributed by atoms with Crippen molar-refractivity contribution in [1.29, 1.82) is 0 Å². The van der Waals surface area contributed by atoms with Crippen LogP contribution in [0.25, 0.3) is 32.9 Å². The van der Waals surface area contributed by atoms with Crippen molar-refractivity contribution in [3.8, 4) is 11.3 Å². The zero-order valence-electron chi connectivity index (χ0n) is 14.7. The molecule has 0 radical (unpaired) electrons. The van der Waals surface area contributed by atoms with E-state index in [1.807, 2.05) is 0 Å². The summed E-state index contributed by atoms with van der Waals surface area (Å²) in [5.41, 5.74) is 7.88. The van der Waals surface area contributed by atoms with E-state index in [4.69, 9.17) is 0 Å². The molecule has 0 saturated carbocycles. The number of aromatic nitrogens is 1. The maximum Gasteiger partial charge on any atom is 0.213 e. The van der Waals surface area contributed by atoms with Gasteiger partial charge in [0.15, 0.2) is 0 Å². The van der Waals surface area contributed by atoms with E-state index in [1.54, 1.807) is 0 Å². The highest BCUT2D eigenvalue weighted by molar-refractivity contribution is 5.93. The van der Waals surface area contributed by atoms with Gasteiger partial charge in [-0.05, 0) is 60.4 Å². The van der Waals surface area contributed by atoms with E-state index in [1.165, 1.54) is 49.6 Å². The summed E-state index contributed by atoms with van der Waals surface area (Å²) >= 11 is 0. The van der Waals surface area contributed by atoms with Gasteiger partial charge in [0.1, 0.15) is 7.05 Å². The predicted molar refractivity (Wildman–Crippen MR) is 102 cm³/mol. The summed E-state index contributed by atoms with van der Waals surface area (Å²) in [6.45, 7) is 6.65. The molecule has 0 unspecified atom stereocenters. The van der Waals surface area contributed by atoms with E-state index in [-0.39, 0.29) is 0 Å².